The van der Waals surface area contributed by atoms with Crippen molar-refractivity contribution in [3.63, 3.8) is 0 Å². The van der Waals surface area contributed by atoms with Crippen LogP contribution in [0.1, 0.15) is 28.1 Å². The summed E-state index contributed by atoms with van der Waals surface area (Å²) in [5, 5.41) is 10.8. The molecule has 1 aliphatic rings. The minimum absolute atomic E-state index is 0.0337. The molecule has 1 aliphatic heterocycles. The average Bonchev–Trinajstić information content (AvgIpc) is 2.83. The summed E-state index contributed by atoms with van der Waals surface area (Å²) in [4.78, 5) is 15.2. The average molecular weight is 305 g/mol. The van der Waals surface area contributed by atoms with Crippen LogP contribution in [0, 0.1) is 6.92 Å². The van der Waals surface area contributed by atoms with Crippen LogP contribution in [0.15, 0.2) is 18.2 Å². The number of aliphatic hydroxyl groups excluding tert-OH is 1. The van der Waals surface area contributed by atoms with Crippen molar-refractivity contribution in [2.24, 2.45) is 0 Å². The summed E-state index contributed by atoms with van der Waals surface area (Å²) >= 11 is 1.52. The molecule has 4 nitrogen and oxygen atoms in total. The van der Waals surface area contributed by atoms with Gasteiger partial charge in [-0.15, -0.1) is 11.3 Å². The number of aliphatic hydroxyl groups is 1. The maximum atomic E-state index is 12.7. The number of carbonyl (C=O) groups is 1. The monoisotopic (exact) mass is 305 g/mol. The summed E-state index contributed by atoms with van der Waals surface area (Å²) in [5.74, 6) is 0.835. The van der Waals surface area contributed by atoms with E-state index in [-0.39, 0.29) is 5.91 Å². The van der Waals surface area contributed by atoms with Crippen molar-refractivity contribution in [2.75, 3.05) is 20.2 Å². The third-order valence-electron chi connectivity index (χ3n) is 4.02. The van der Waals surface area contributed by atoms with Gasteiger partial charge in [0.2, 0.25) is 0 Å². The summed E-state index contributed by atoms with van der Waals surface area (Å²) in [6.07, 6.45) is 1.26. The lowest BCUT2D eigenvalue weighted by Gasteiger charge is -2.29. The third kappa shape index (κ3) is 2.63. The Hall–Kier alpha value is -1.59. The normalized spacial score (nSPS) is 19.0. The number of piperidine rings is 1. The zero-order chi connectivity index (χ0) is 15.0. The second kappa shape index (κ2) is 5.66. The maximum absolute atomic E-state index is 12.7. The topological polar surface area (TPSA) is 49.8 Å². The van der Waals surface area contributed by atoms with Crippen molar-refractivity contribution in [1.29, 1.82) is 0 Å². The van der Waals surface area contributed by atoms with Gasteiger partial charge in [-0.05, 0) is 48.9 Å². The Bertz CT molecular complexity index is 679. The van der Waals surface area contributed by atoms with Crippen molar-refractivity contribution < 1.29 is 14.6 Å². The van der Waals surface area contributed by atoms with Gasteiger partial charge in [0.05, 0.1) is 18.1 Å². The predicted molar refractivity (Wildman–Crippen MR) is 84.3 cm³/mol. The molecule has 0 spiro atoms. The molecule has 2 aromatic rings. The fraction of sp³-hybridized carbons (Fsp3) is 0.438. The second-order valence-electron chi connectivity index (χ2n) is 5.47. The van der Waals surface area contributed by atoms with Gasteiger partial charge in [-0.25, -0.2) is 0 Å². The second-order valence-corrected chi connectivity index (χ2v) is 6.52. The quantitative estimate of drug-likeness (QED) is 0.928. The van der Waals surface area contributed by atoms with E-state index < -0.39 is 6.10 Å². The van der Waals surface area contributed by atoms with Crippen molar-refractivity contribution in [3.05, 3.63) is 28.6 Å². The van der Waals surface area contributed by atoms with Gasteiger partial charge in [-0.3, -0.25) is 4.79 Å². The molecule has 0 aliphatic carbocycles. The van der Waals surface area contributed by atoms with Gasteiger partial charge in [0, 0.05) is 17.8 Å². The van der Waals surface area contributed by atoms with E-state index in [1.54, 1.807) is 12.0 Å². The van der Waals surface area contributed by atoms with Gasteiger partial charge >= 0.3 is 0 Å². The first-order chi connectivity index (χ1) is 10.1. The third-order valence-corrected chi connectivity index (χ3v) is 5.28. The minimum atomic E-state index is -0.391. The summed E-state index contributed by atoms with van der Waals surface area (Å²) < 4.78 is 6.35. The molecule has 3 rings (SSSR count). The van der Waals surface area contributed by atoms with Gasteiger partial charge in [0.15, 0.2) is 0 Å². The van der Waals surface area contributed by atoms with Crippen LogP contribution in [-0.4, -0.2) is 42.2 Å². The lowest BCUT2D eigenvalue weighted by molar-refractivity contribution is 0.0477. The van der Waals surface area contributed by atoms with Crippen LogP contribution in [0.4, 0.5) is 0 Å². The Labute approximate surface area is 127 Å². The molecule has 1 aromatic carbocycles. The van der Waals surface area contributed by atoms with E-state index in [4.69, 9.17) is 4.74 Å². The fourth-order valence-electron chi connectivity index (χ4n) is 2.81. The predicted octanol–water partition coefficient (Wildman–Crippen LogP) is 2.82. The maximum Gasteiger partial charge on any atom is 0.264 e. The Morgan fingerprint density at radius 3 is 3.00 bits per heavy atom. The van der Waals surface area contributed by atoms with Crippen LogP contribution in [0.3, 0.4) is 0 Å². The SMILES string of the molecule is COc1ccc2sc(C(=O)N3CCCC(O)C3)c(C)c2c1. The molecule has 2 heterocycles. The van der Waals surface area contributed by atoms with Crippen molar-refractivity contribution in [1.82, 2.24) is 4.90 Å². The van der Waals surface area contributed by atoms with Crippen LogP contribution in [0.25, 0.3) is 10.1 Å². The number of amides is 1. The van der Waals surface area contributed by atoms with Crippen LogP contribution < -0.4 is 4.74 Å². The Morgan fingerprint density at radius 1 is 1.48 bits per heavy atom. The number of fused-ring (bicyclic) bond motifs is 1. The molecule has 21 heavy (non-hydrogen) atoms. The molecule has 1 fully saturated rings. The number of thiophene rings is 1. The first-order valence-corrected chi connectivity index (χ1v) is 7.96. The van der Waals surface area contributed by atoms with Crippen molar-refractivity contribution >= 4 is 27.3 Å². The zero-order valence-corrected chi connectivity index (χ0v) is 13.1. The number of aryl methyl sites for hydroxylation is 1. The zero-order valence-electron chi connectivity index (χ0n) is 12.3. The molecule has 0 radical (unpaired) electrons. The van der Waals surface area contributed by atoms with Gasteiger partial charge in [-0.1, -0.05) is 0 Å². The van der Waals surface area contributed by atoms with Gasteiger partial charge < -0.3 is 14.7 Å². The smallest absolute Gasteiger partial charge is 0.264 e. The summed E-state index contributed by atoms with van der Waals surface area (Å²) in [6.45, 7) is 3.15. The molecule has 0 bridgehead atoms. The number of benzene rings is 1. The van der Waals surface area contributed by atoms with Gasteiger partial charge in [0.1, 0.15) is 5.75 Å². The van der Waals surface area contributed by atoms with E-state index in [0.29, 0.717) is 6.54 Å². The Balaban J connectivity index is 1.96. The summed E-state index contributed by atoms with van der Waals surface area (Å²) in [6, 6.07) is 5.88. The summed E-state index contributed by atoms with van der Waals surface area (Å²) in [7, 11) is 1.64. The molecule has 112 valence electrons. The standard InChI is InChI=1S/C16H19NO3S/c1-10-13-8-12(20-2)5-6-14(13)21-15(10)16(19)17-7-3-4-11(18)9-17/h5-6,8,11,18H,3-4,7,9H2,1-2H3. The van der Waals surface area contributed by atoms with E-state index in [0.717, 1.165) is 45.7 Å². The number of hydrogen-bond acceptors (Lipinski definition) is 4. The molecule has 1 atom stereocenters. The van der Waals surface area contributed by atoms with E-state index in [9.17, 15) is 9.90 Å². The highest BCUT2D eigenvalue weighted by Crippen LogP contribution is 2.34. The molecular formula is C16H19NO3S. The number of ether oxygens (including phenoxy) is 1. The molecule has 5 heteroatoms. The first kappa shape index (κ1) is 14.4. The molecule has 1 amide bonds. The molecule has 0 saturated carbocycles. The number of nitrogens with zero attached hydrogens (tertiary/aromatic N) is 1. The fourth-order valence-corrected chi connectivity index (χ4v) is 3.97. The Morgan fingerprint density at radius 2 is 2.29 bits per heavy atom. The van der Waals surface area contributed by atoms with Crippen LogP contribution in [0.5, 0.6) is 5.75 Å². The van der Waals surface area contributed by atoms with Gasteiger partial charge in [-0.2, -0.15) is 0 Å². The number of methoxy groups -OCH3 is 1. The molecule has 1 aromatic heterocycles. The van der Waals surface area contributed by atoms with E-state index in [2.05, 4.69) is 0 Å². The number of β-amino-alcohol motifs (C(OH)–C–C–N with tert-alkyl or cyclic N) is 1. The largest absolute Gasteiger partial charge is 0.497 e. The molecule has 1 unspecified atom stereocenters. The van der Waals surface area contributed by atoms with Crippen molar-refractivity contribution in [3.8, 4) is 5.75 Å². The number of rotatable bonds is 2. The van der Waals surface area contributed by atoms with Crippen molar-refractivity contribution in [2.45, 2.75) is 25.9 Å². The van der Waals surface area contributed by atoms with Crippen LogP contribution in [0.2, 0.25) is 0 Å². The molecular weight excluding hydrogens is 286 g/mol. The number of hydrogen-bond donors (Lipinski definition) is 1. The van der Waals surface area contributed by atoms with Crippen LogP contribution in [-0.2, 0) is 0 Å². The van der Waals surface area contributed by atoms with Crippen LogP contribution >= 0.6 is 11.3 Å². The Kier molecular flexibility index (Phi) is 3.87. The highest BCUT2D eigenvalue weighted by atomic mass is 32.1. The molecule has 1 N–H and O–H groups in total. The highest BCUT2D eigenvalue weighted by molar-refractivity contribution is 7.21. The first-order valence-electron chi connectivity index (χ1n) is 7.14. The minimum Gasteiger partial charge on any atom is -0.497 e. The highest BCUT2D eigenvalue weighted by Gasteiger charge is 2.26. The lowest BCUT2D eigenvalue weighted by atomic mass is 10.1. The lowest BCUT2D eigenvalue weighted by Crippen LogP contribution is -2.42. The van der Waals surface area contributed by atoms with E-state index in [1.807, 2.05) is 25.1 Å². The van der Waals surface area contributed by atoms with E-state index in [1.165, 1.54) is 11.3 Å². The van der Waals surface area contributed by atoms with Gasteiger partial charge in [0.25, 0.3) is 5.91 Å². The summed E-state index contributed by atoms with van der Waals surface area (Å²) in [5.41, 5.74) is 0.999. The van der Waals surface area contributed by atoms with E-state index >= 15 is 0 Å². The molecule has 1 saturated heterocycles. The number of likely N-dealkylation sites (tertiary alicyclic amines) is 1. The number of carbonyl (C=O) groups excluding carboxylic acids is 1.